The normalized spacial score (nSPS) is 13.4. The first-order valence-corrected chi connectivity index (χ1v) is 8.06. The van der Waals surface area contributed by atoms with Gasteiger partial charge < -0.3 is 4.74 Å². The lowest BCUT2D eigenvalue weighted by molar-refractivity contribution is 0.0656. The Hall–Kier alpha value is -3.21. The number of amides is 2. The quantitative estimate of drug-likeness (QED) is 0.689. The molecule has 0 fully saturated rings. The van der Waals surface area contributed by atoms with E-state index in [0.717, 1.165) is 16.5 Å². The van der Waals surface area contributed by atoms with Crippen molar-refractivity contribution in [1.29, 1.82) is 0 Å². The van der Waals surface area contributed by atoms with Gasteiger partial charge in [-0.25, -0.2) is 0 Å². The first-order chi connectivity index (χ1) is 12.2. The minimum Gasteiger partial charge on any atom is -0.495 e. The first kappa shape index (κ1) is 15.3. The molecule has 2 amide bonds. The molecule has 0 N–H and O–H groups in total. The zero-order valence-electron chi connectivity index (χ0n) is 13.7. The van der Waals surface area contributed by atoms with Gasteiger partial charge in [-0.2, -0.15) is 0 Å². The average Bonchev–Trinajstić information content (AvgIpc) is 2.90. The van der Waals surface area contributed by atoms with E-state index in [2.05, 4.69) is 4.98 Å². The number of methoxy groups -OCH3 is 1. The molecular weight excluding hydrogens is 316 g/mol. The van der Waals surface area contributed by atoms with E-state index in [1.165, 1.54) is 4.90 Å². The highest BCUT2D eigenvalue weighted by atomic mass is 16.5. The first-order valence-electron chi connectivity index (χ1n) is 8.06. The predicted molar refractivity (Wildman–Crippen MR) is 93.8 cm³/mol. The van der Waals surface area contributed by atoms with Gasteiger partial charge in [-0.05, 0) is 36.2 Å². The van der Waals surface area contributed by atoms with Gasteiger partial charge in [0.2, 0.25) is 0 Å². The number of pyridine rings is 1. The Morgan fingerprint density at radius 1 is 1.00 bits per heavy atom. The average molecular weight is 332 g/mol. The zero-order valence-corrected chi connectivity index (χ0v) is 13.7. The summed E-state index contributed by atoms with van der Waals surface area (Å²) in [6.45, 7) is 0.336. The summed E-state index contributed by atoms with van der Waals surface area (Å²) in [4.78, 5) is 30.6. The lowest BCUT2D eigenvalue weighted by Crippen LogP contribution is -2.31. The summed E-state index contributed by atoms with van der Waals surface area (Å²) in [5.74, 6) is 0.230. The minimum absolute atomic E-state index is 0.225. The molecule has 25 heavy (non-hydrogen) atoms. The molecule has 2 heterocycles. The number of carbonyl (C=O) groups excluding carboxylic acids is 2. The van der Waals surface area contributed by atoms with E-state index in [1.54, 1.807) is 37.6 Å². The Labute approximate surface area is 144 Å². The molecule has 1 aromatic heterocycles. The summed E-state index contributed by atoms with van der Waals surface area (Å²) >= 11 is 0. The molecule has 5 nitrogen and oxygen atoms in total. The molecule has 0 atom stereocenters. The van der Waals surface area contributed by atoms with Gasteiger partial charge in [0.05, 0.1) is 30.0 Å². The van der Waals surface area contributed by atoms with Crippen LogP contribution in [0.3, 0.4) is 0 Å². The second-order valence-corrected chi connectivity index (χ2v) is 5.92. The summed E-state index contributed by atoms with van der Waals surface area (Å²) in [7, 11) is 1.60. The highest BCUT2D eigenvalue weighted by molar-refractivity contribution is 6.21. The molecule has 1 aliphatic heterocycles. The van der Waals surface area contributed by atoms with Crippen LogP contribution in [-0.2, 0) is 6.42 Å². The molecule has 4 rings (SSSR count). The van der Waals surface area contributed by atoms with Crippen molar-refractivity contribution in [1.82, 2.24) is 9.88 Å². The smallest absolute Gasteiger partial charge is 0.261 e. The van der Waals surface area contributed by atoms with E-state index in [-0.39, 0.29) is 11.8 Å². The highest BCUT2D eigenvalue weighted by Crippen LogP contribution is 2.25. The van der Waals surface area contributed by atoms with Crippen LogP contribution in [0.1, 0.15) is 26.3 Å². The predicted octanol–water partition coefficient (Wildman–Crippen LogP) is 3.08. The fourth-order valence-electron chi connectivity index (χ4n) is 3.20. The summed E-state index contributed by atoms with van der Waals surface area (Å²) in [6, 6.07) is 14.7. The van der Waals surface area contributed by atoms with Gasteiger partial charge in [-0.3, -0.25) is 19.5 Å². The summed E-state index contributed by atoms with van der Waals surface area (Å²) in [5.41, 5.74) is 2.85. The largest absolute Gasteiger partial charge is 0.495 e. The molecule has 124 valence electrons. The second-order valence-electron chi connectivity index (χ2n) is 5.92. The van der Waals surface area contributed by atoms with E-state index in [4.69, 9.17) is 4.74 Å². The second kappa shape index (κ2) is 6.02. The number of hydrogen-bond donors (Lipinski definition) is 0. The zero-order chi connectivity index (χ0) is 17.4. The fraction of sp³-hybridized carbons (Fsp3) is 0.150. The fourth-order valence-corrected chi connectivity index (χ4v) is 3.20. The lowest BCUT2D eigenvalue weighted by Gasteiger charge is -2.15. The third-order valence-electron chi connectivity index (χ3n) is 4.51. The van der Waals surface area contributed by atoms with Gasteiger partial charge in [-0.1, -0.05) is 24.3 Å². The number of imide groups is 1. The Morgan fingerprint density at radius 3 is 2.40 bits per heavy atom. The number of carbonyl (C=O) groups is 2. The van der Waals surface area contributed by atoms with Gasteiger partial charge in [0, 0.05) is 11.9 Å². The molecule has 2 aromatic carbocycles. The number of fused-ring (bicyclic) bond motifs is 2. The number of rotatable bonds is 4. The maximum Gasteiger partial charge on any atom is 0.261 e. The Balaban J connectivity index is 1.61. The maximum atomic E-state index is 12.5. The standard InChI is InChI=1S/C20H16N2O3/c1-25-14-11-17-13(5-4-8-18(17)21-12-14)9-10-22-19(23)15-6-2-3-7-16(15)20(22)24/h2-8,11-12H,9-10H2,1H3. The molecule has 0 unspecified atom stereocenters. The Bertz CT molecular complexity index is 962. The van der Waals surface area contributed by atoms with E-state index < -0.39 is 0 Å². The van der Waals surface area contributed by atoms with Crippen LogP contribution in [0, 0.1) is 0 Å². The minimum atomic E-state index is -0.225. The number of hydrogen-bond acceptors (Lipinski definition) is 4. The number of aromatic nitrogens is 1. The van der Waals surface area contributed by atoms with Crippen LogP contribution in [0.25, 0.3) is 10.9 Å². The highest BCUT2D eigenvalue weighted by Gasteiger charge is 2.34. The van der Waals surface area contributed by atoms with E-state index in [0.29, 0.717) is 29.8 Å². The van der Waals surface area contributed by atoms with Crippen LogP contribution in [0.5, 0.6) is 5.75 Å². The molecule has 0 radical (unpaired) electrons. The van der Waals surface area contributed by atoms with Crippen molar-refractivity contribution < 1.29 is 14.3 Å². The van der Waals surface area contributed by atoms with E-state index >= 15 is 0 Å². The van der Waals surface area contributed by atoms with E-state index in [9.17, 15) is 9.59 Å². The van der Waals surface area contributed by atoms with Crippen molar-refractivity contribution in [2.75, 3.05) is 13.7 Å². The van der Waals surface area contributed by atoms with Crippen LogP contribution < -0.4 is 4.74 Å². The third-order valence-corrected chi connectivity index (χ3v) is 4.51. The van der Waals surface area contributed by atoms with Gasteiger partial charge >= 0.3 is 0 Å². The topological polar surface area (TPSA) is 59.5 Å². The molecule has 0 bridgehead atoms. The molecule has 0 spiro atoms. The third kappa shape index (κ3) is 2.54. The number of nitrogens with zero attached hydrogens (tertiary/aromatic N) is 2. The van der Waals surface area contributed by atoms with Crippen molar-refractivity contribution >= 4 is 22.7 Å². The van der Waals surface area contributed by atoms with Crippen LogP contribution >= 0.6 is 0 Å². The molecule has 1 aliphatic rings. The molecule has 5 heteroatoms. The van der Waals surface area contributed by atoms with Crippen molar-refractivity contribution in [3.05, 3.63) is 71.4 Å². The van der Waals surface area contributed by atoms with Gasteiger partial charge in [0.15, 0.2) is 0 Å². The van der Waals surface area contributed by atoms with Crippen LogP contribution in [0.4, 0.5) is 0 Å². The molecule has 0 aliphatic carbocycles. The SMILES string of the molecule is COc1cnc2cccc(CCN3C(=O)c4ccccc4C3=O)c2c1. The molecular formula is C20H16N2O3. The van der Waals surface area contributed by atoms with Crippen molar-refractivity contribution in [2.45, 2.75) is 6.42 Å². The summed E-state index contributed by atoms with van der Waals surface area (Å²) < 4.78 is 5.25. The van der Waals surface area contributed by atoms with Crippen LogP contribution in [0.15, 0.2) is 54.7 Å². The molecule has 3 aromatic rings. The summed E-state index contributed by atoms with van der Waals surface area (Å²) in [5, 5.41) is 0.971. The number of benzene rings is 2. The maximum absolute atomic E-state index is 12.5. The van der Waals surface area contributed by atoms with Crippen molar-refractivity contribution in [3.8, 4) is 5.75 Å². The van der Waals surface area contributed by atoms with Gasteiger partial charge in [-0.15, -0.1) is 0 Å². The van der Waals surface area contributed by atoms with Gasteiger partial charge in [0.25, 0.3) is 11.8 Å². The van der Waals surface area contributed by atoms with Crippen LogP contribution in [0.2, 0.25) is 0 Å². The lowest BCUT2D eigenvalue weighted by atomic mass is 10.1. The molecule has 0 saturated carbocycles. The molecule has 0 saturated heterocycles. The van der Waals surface area contributed by atoms with Crippen LogP contribution in [-0.4, -0.2) is 35.4 Å². The number of ether oxygens (including phenoxy) is 1. The monoisotopic (exact) mass is 332 g/mol. The van der Waals surface area contributed by atoms with Crippen molar-refractivity contribution in [3.63, 3.8) is 0 Å². The van der Waals surface area contributed by atoms with E-state index in [1.807, 2.05) is 24.3 Å². The van der Waals surface area contributed by atoms with Gasteiger partial charge in [0.1, 0.15) is 5.75 Å². The summed E-state index contributed by atoms with van der Waals surface area (Å²) in [6.07, 6.45) is 2.24. The Kier molecular flexibility index (Phi) is 3.69. The Morgan fingerprint density at radius 2 is 1.72 bits per heavy atom. The van der Waals surface area contributed by atoms with Crippen molar-refractivity contribution in [2.24, 2.45) is 0 Å².